The number of benzene rings is 1. The molecule has 0 bridgehead atoms. The summed E-state index contributed by atoms with van der Waals surface area (Å²) in [4.78, 5) is 11.5. The number of amides is 1. The fraction of sp³-hybridized carbons (Fsp3) is 0.533. The Hall–Kier alpha value is -1.75. The van der Waals surface area contributed by atoms with Crippen LogP contribution in [0.25, 0.3) is 0 Å². The SMILES string of the molecule is CCCC(N)C(=O)NCCCOc1ccc(OC)cc1. The summed E-state index contributed by atoms with van der Waals surface area (Å²) in [5.74, 6) is 1.51. The Morgan fingerprint density at radius 3 is 2.55 bits per heavy atom. The van der Waals surface area contributed by atoms with E-state index >= 15 is 0 Å². The standard InChI is InChI=1S/C15H24N2O3/c1-3-5-14(16)15(18)17-10-4-11-20-13-8-6-12(19-2)7-9-13/h6-9,14H,3-5,10-11,16H2,1-2H3,(H,17,18). The van der Waals surface area contributed by atoms with Crippen molar-refractivity contribution in [1.29, 1.82) is 0 Å². The molecule has 20 heavy (non-hydrogen) atoms. The Balaban J connectivity index is 2.13. The molecule has 1 atom stereocenters. The van der Waals surface area contributed by atoms with Gasteiger partial charge < -0.3 is 20.5 Å². The normalized spacial score (nSPS) is 11.8. The minimum Gasteiger partial charge on any atom is -0.497 e. The second-order valence-electron chi connectivity index (χ2n) is 4.56. The molecule has 1 aromatic rings. The average molecular weight is 280 g/mol. The summed E-state index contributed by atoms with van der Waals surface area (Å²) < 4.78 is 10.6. The van der Waals surface area contributed by atoms with Crippen LogP contribution in [-0.4, -0.2) is 32.2 Å². The van der Waals surface area contributed by atoms with Gasteiger partial charge in [-0.3, -0.25) is 4.79 Å². The van der Waals surface area contributed by atoms with Crippen molar-refractivity contribution in [3.8, 4) is 11.5 Å². The summed E-state index contributed by atoms with van der Waals surface area (Å²) in [5, 5.41) is 2.81. The van der Waals surface area contributed by atoms with Gasteiger partial charge in [-0.25, -0.2) is 0 Å². The molecule has 0 fully saturated rings. The number of carbonyl (C=O) groups excluding carboxylic acids is 1. The first-order valence-corrected chi connectivity index (χ1v) is 6.97. The third kappa shape index (κ3) is 5.93. The van der Waals surface area contributed by atoms with E-state index in [2.05, 4.69) is 5.32 Å². The lowest BCUT2D eigenvalue weighted by Crippen LogP contribution is -2.41. The molecule has 0 aliphatic rings. The van der Waals surface area contributed by atoms with E-state index in [1.807, 2.05) is 31.2 Å². The fourth-order valence-corrected chi connectivity index (χ4v) is 1.72. The van der Waals surface area contributed by atoms with Gasteiger partial charge in [0.25, 0.3) is 0 Å². The highest BCUT2D eigenvalue weighted by molar-refractivity contribution is 5.81. The van der Waals surface area contributed by atoms with Crippen LogP contribution in [0.4, 0.5) is 0 Å². The molecule has 3 N–H and O–H groups in total. The van der Waals surface area contributed by atoms with Gasteiger partial charge in [0.05, 0.1) is 19.8 Å². The first kappa shape index (κ1) is 16.3. The number of methoxy groups -OCH3 is 1. The maximum absolute atomic E-state index is 11.5. The van der Waals surface area contributed by atoms with Gasteiger partial charge >= 0.3 is 0 Å². The lowest BCUT2D eigenvalue weighted by Gasteiger charge is -2.11. The van der Waals surface area contributed by atoms with Gasteiger partial charge in [0.2, 0.25) is 5.91 Å². The minimum atomic E-state index is -0.400. The van der Waals surface area contributed by atoms with Gasteiger partial charge in [0, 0.05) is 6.54 Å². The fourth-order valence-electron chi connectivity index (χ4n) is 1.72. The van der Waals surface area contributed by atoms with Crippen molar-refractivity contribution >= 4 is 5.91 Å². The Morgan fingerprint density at radius 1 is 1.30 bits per heavy atom. The van der Waals surface area contributed by atoms with Crippen molar-refractivity contribution in [3.05, 3.63) is 24.3 Å². The van der Waals surface area contributed by atoms with Crippen molar-refractivity contribution in [1.82, 2.24) is 5.32 Å². The number of ether oxygens (including phenoxy) is 2. The lowest BCUT2D eigenvalue weighted by atomic mass is 10.2. The van der Waals surface area contributed by atoms with Gasteiger partial charge in [-0.05, 0) is 37.1 Å². The molecule has 0 saturated heterocycles. The van der Waals surface area contributed by atoms with Gasteiger partial charge in [0.1, 0.15) is 11.5 Å². The van der Waals surface area contributed by atoms with Crippen LogP contribution >= 0.6 is 0 Å². The third-order valence-corrected chi connectivity index (χ3v) is 2.88. The number of nitrogens with one attached hydrogen (secondary N) is 1. The zero-order chi connectivity index (χ0) is 14.8. The molecule has 0 aromatic heterocycles. The maximum atomic E-state index is 11.5. The number of rotatable bonds is 9. The second kappa shape index (κ2) is 9.20. The monoisotopic (exact) mass is 280 g/mol. The molecular formula is C15H24N2O3. The third-order valence-electron chi connectivity index (χ3n) is 2.88. The van der Waals surface area contributed by atoms with Crippen LogP contribution in [0.15, 0.2) is 24.3 Å². The van der Waals surface area contributed by atoms with E-state index < -0.39 is 6.04 Å². The number of nitrogens with two attached hydrogens (primary N) is 1. The summed E-state index contributed by atoms with van der Waals surface area (Å²) in [5.41, 5.74) is 5.71. The van der Waals surface area contributed by atoms with E-state index in [0.717, 1.165) is 24.3 Å². The van der Waals surface area contributed by atoms with E-state index in [1.54, 1.807) is 7.11 Å². The molecule has 1 unspecified atom stereocenters. The number of hydrogen-bond donors (Lipinski definition) is 2. The number of carbonyl (C=O) groups is 1. The van der Waals surface area contributed by atoms with Crippen LogP contribution < -0.4 is 20.5 Å². The molecular weight excluding hydrogens is 256 g/mol. The Bertz CT molecular complexity index is 393. The molecule has 1 amide bonds. The van der Waals surface area contributed by atoms with Crippen LogP contribution in [0.1, 0.15) is 26.2 Å². The predicted octanol–water partition coefficient (Wildman–Crippen LogP) is 1.71. The second-order valence-corrected chi connectivity index (χ2v) is 4.56. The van der Waals surface area contributed by atoms with Crippen LogP contribution in [0.5, 0.6) is 11.5 Å². The topological polar surface area (TPSA) is 73.6 Å². The first-order valence-electron chi connectivity index (χ1n) is 6.97. The molecule has 0 heterocycles. The van der Waals surface area contributed by atoms with Crippen LogP contribution in [0.3, 0.4) is 0 Å². The highest BCUT2D eigenvalue weighted by Gasteiger charge is 2.10. The highest BCUT2D eigenvalue weighted by Crippen LogP contribution is 2.16. The molecule has 0 spiro atoms. The Labute approximate surface area is 120 Å². The van der Waals surface area contributed by atoms with Crippen molar-refractivity contribution in [2.24, 2.45) is 5.73 Å². The quantitative estimate of drug-likeness (QED) is 0.675. The molecule has 5 nitrogen and oxygen atoms in total. The smallest absolute Gasteiger partial charge is 0.236 e. The zero-order valence-corrected chi connectivity index (χ0v) is 12.2. The van der Waals surface area contributed by atoms with Crippen LogP contribution in [0.2, 0.25) is 0 Å². The van der Waals surface area contributed by atoms with Crippen molar-refractivity contribution in [3.63, 3.8) is 0 Å². The molecule has 0 aliphatic carbocycles. The number of hydrogen-bond acceptors (Lipinski definition) is 4. The van der Waals surface area contributed by atoms with E-state index in [1.165, 1.54) is 0 Å². The van der Waals surface area contributed by atoms with Gasteiger partial charge in [-0.2, -0.15) is 0 Å². The first-order chi connectivity index (χ1) is 9.67. The average Bonchev–Trinajstić information content (AvgIpc) is 2.47. The molecule has 5 heteroatoms. The molecule has 112 valence electrons. The summed E-state index contributed by atoms with van der Waals surface area (Å²) in [6, 6.07) is 7.01. The summed E-state index contributed by atoms with van der Waals surface area (Å²) in [7, 11) is 1.63. The van der Waals surface area contributed by atoms with Gasteiger partial charge in [0.15, 0.2) is 0 Å². The Morgan fingerprint density at radius 2 is 1.95 bits per heavy atom. The van der Waals surface area contributed by atoms with Crippen molar-refractivity contribution in [2.75, 3.05) is 20.3 Å². The van der Waals surface area contributed by atoms with Crippen LogP contribution in [-0.2, 0) is 4.79 Å². The largest absolute Gasteiger partial charge is 0.497 e. The maximum Gasteiger partial charge on any atom is 0.236 e. The Kier molecular flexibility index (Phi) is 7.50. The van der Waals surface area contributed by atoms with E-state index in [4.69, 9.17) is 15.2 Å². The molecule has 0 saturated carbocycles. The van der Waals surface area contributed by atoms with Crippen molar-refractivity contribution < 1.29 is 14.3 Å². The van der Waals surface area contributed by atoms with Crippen LogP contribution in [0, 0.1) is 0 Å². The molecule has 1 rings (SSSR count). The predicted molar refractivity (Wildman–Crippen MR) is 79.0 cm³/mol. The minimum absolute atomic E-state index is 0.0868. The summed E-state index contributed by atoms with van der Waals surface area (Å²) >= 11 is 0. The molecule has 0 radical (unpaired) electrons. The highest BCUT2D eigenvalue weighted by atomic mass is 16.5. The molecule has 0 aliphatic heterocycles. The van der Waals surface area contributed by atoms with Gasteiger partial charge in [-0.1, -0.05) is 13.3 Å². The van der Waals surface area contributed by atoms with Gasteiger partial charge in [-0.15, -0.1) is 0 Å². The van der Waals surface area contributed by atoms with E-state index in [-0.39, 0.29) is 5.91 Å². The summed E-state index contributed by atoms with van der Waals surface area (Å²) in [6.07, 6.45) is 2.37. The van der Waals surface area contributed by atoms with E-state index in [9.17, 15) is 4.79 Å². The van der Waals surface area contributed by atoms with Crippen molar-refractivity contribution in [2.45, 2.75) is 32.2 Å². The lowest BCUT2D eigenvalue weighted by molar-refractivity contribution is -0.122. The summed E-state index contributed by atoms with van der Waals surface area (Å²) in [6.45, 7) is 3.14. The zero-order valence-electron chi connectivity index (χ0n) is 12.2. The van der Waals surface area contributed by atoms with E-state index in [0.29, 0.717) is 19.6 Å². The molecule has 1 aromatic carbocycles.